The lowest BCUT2D eigenvalue weighted by molar-refractivity contribution is -0.138. The first-order valence-corrected chi connectivity index (χ1v) is 9.07. The molecule has 1 atom stereocenters. The van der Waals surface area contributed by atoms with Crippen LogP contribution in [0.1, 0.15) is 33.1 Å². The van der Waals surface area contributed by atoms with Crippen molar-refractivity contribution in [3.63, 3.8) is 0 Å². The van der Waals surface area contributed by atoms with Crippen LogP contribution in [0.3, 0.4) is 0 Å². The standard InChI is InChI=1S/C19H24N2O4/c1-12(2)21(14-3-4-14)19(23)13-9-18(22)20(11-13)15-5-6-16-17(10-15)25-8-7-24-16/h5-6,10,12-14H,3-4,7-9,11H2,1-2H3. The maximum atomic E-state index is 12.9. The SMILES string of the molecule is CC(C)N(C(=O)C1CC(=O)N(c2ccc3c(c2)OCCO3)C1)C1CC1. The number of benzene rings is 1. The van der Waals surface area contributed by atoms with Crippen molar-refractivity contribution < 1.29 is 19.1 Å². The van der Waals surface area contributed by atoms with E-state index in [0.717, 1.165) is 18.5 Å². The van der Waals surface area contributed by atoms with Gasteiger partial charge in [0.1, 0.15) is 13.2 Å². The van der Waals surface area contributed by atoms with E-state index in [1.165, 1.54) is 0 Å². The van der Waals surface area contributed by atoms with Crippen LogP contribution in [0, 0.1) is 5.92 Å². The smallest absolute Gasteiger partial charge is 0.228 e. The molecule has 1 aromatic carbocycles. The topological polar surface area (TPSA) is 59.1 Å². The highest BCUT2D eigenvalue weighted by molar-refractivity contribution is 6.00. The van der Waals surface area contributed by atoms with E-state index in [2.05, 4.69) is 0 Å². The average Bonchev–Trinajstić information content (AvgIpc) is 3.35. The van der Waals surface area contributed by atoms with Gasteiger partial charge in [0.2, 0.25) is 11.8 Å². The Balaban J connectivity index is 1.51. The Hall–Kier alpha value is -2.24. The van der Waals surface area contributed by atoms with E-state index in [9.17, 15) is 9.59 Å². The van der Waals surface area contributed by atoms with Crippen molar-refractivity contribution in [1.29, 1.82) is 0 Å². The fraction of sp³-hybridized carbons (Fsp3) is 0.579. The monoisotopic (exact) mass is 344 g/mol. The lowest BCUT2D eigenvalue weighted by Crippen LogP contribution is -2.43. The number of nitrogens with zero attached hydrogens (tertiary/aromatic N) is 2. The van der Waals surface area contributed by atoms with E-state index in [4.69, 9.17) is 9.47 Å². The fourth-order valence-electron chi connectivity index (χ4n) is 3.74. The maximum Gasteiger partial charge on any atom is 0.228 e. The van der Waals surface area contributed by atoms with Crippen molar-refractivity contribution in [3.8, 4) is 11.5 Å². The van der Waals surface area contributed by atoms with Gasteiger partial charge in [-0.15, -0.1) is 0 Å². The van der Waals surface area contributed by atoms with Gasteiger partial charge in [0.25, 0.3) is 0 Å². The second-order valence-corrected chi connectivity index (χ2v) is 7.30. The third-order valence-electron chi connectivity index (χ3n) is 5.06. The minimum atomic E-state index is -0.260. The number of ether oxygens (including phenoxy) is 2. The van der Waals surface area contributed by atoms with Gasteiger partial charge in [-0.1, -0.05) is 0 Å². The molecule has 0 aromatic heterocycles. The van der Waals surface area contributed by atoms with Crippen LogP contribution in [0.2, 0.25) is 0 Å². The summed E-state index contributed by atoms with van der Waals surface area (Å²) >= 11 is 0. The Morgan fingerprint density at radius 1 is 1.20 bits per heavy atom. The van der Waals surface area contributed by atoms with E-state index < -0.39 is 0 Å². The van der Waals surface area contributed by atoms with Crippen LogP contribution < -0.4 is 14.4 Å². The van der Waals surface area contributed by atoms with Gasteiger partial charge in [0, 0.05) is 36.8 Å². The molecule has 134 valence electrons. The van der Waals surface area contributed by atoms with Crippen molar-refractivity contribution in [1.82, 2.24) is 4.90 Å². The van der Waals surface area contributed by atoms with Gasteiger partial charge in [-0.05, 0) is 38.8 Å². The predicted octanol–water partition coefficient (Wildman–Crippen LogP) is 2.21. The van der Waals surface area contributed by atoms with Crippen LogP contribution in [-0.4, -0.2) is 48.6 Å². The molecule has 1 saturated carbocycles. The maximum absolute atomic E-state index is 12.9. The third-order valence-corrected chi connectivity index (χ3v) is 5.06. The number of carbonyl (C=O) groups excluding carboxylic acids is 2. The molecule has 25 heavy (non-hydrogen) atoms. The molecule has 0 spiro atoms. The Morgan fingerprint density at radius 3 is 2.60 bits per heavy atom. The molecule has 0 bridgehead atoms. The molecule has 6 nitrogen and oxygen atoms in total. The van der Waals surface area contributed by atoms with Crippen molar-refractivity contribution in [3.05, 3.63) is 18.2 Å². The summed E-state index contributed by atoms with van der Waals surface area (Å²) in [4.78, 5) is 29.1. The molecule has 0 N–H and O–H groups in total. The lowest BCUT2D eigenvalue weighted by Gasteiger charge is -2.29. The fourth-order valence-corrected chi connectivity index (χ4v) is 3.74. The van der Waals surface area contributed by atoms with Gasteiger partial charge < -0.3 is 19.3 Å². The first-order chi connectivity index (χ1) is 12.0. The van der Waals surface area contributed by atoms with Crippen LogP contribution in [-0.2, 0) is 9.59 Å². The molecule has 0 radical (unpaired) electrons. The van der Waals surface area contributed by atoms with Crippen LogP contribution in [0.4, 0.5) is 5.69 Å². The molecule has 2 amide bonds. The number of anilines is 1. The zero-order chi connectivity index (χ0) is 17.6. The van der Waals surface area contributed by atoms with Crippen LogP contribution in [0.25, 0.3) is 0 Å². The van der Waals surface area contributed by atoms with Gasteiger partial charge >= 0.3 is 0 Å². The molecule has 1 aliphatic carbocycles. The van der Waals surface area contributed by atoms with Crippen LogP contribution in [0.5, 0.6) is 11.5 Å². The minimum Gasteiger partial charge on any atom is -0.486 e. The van der Waals surface area contributed by atoms with Crippen LogP contribution in [0.15, 0.2) is 18.2 Å². The summed E-state index contributed by atoms with van der Waals surface area (Å²) in [5.74, 6) is 1.21. The molecular formula is C19H24N2O4. The second kappa shape index (κ2) is 6.24. The summed E-state index contributed by atoms with van der Waals surface area (Å²) in [5, 5.41) is 0. The number of hydrogen-bond donors (Lipinski definition) is 0. The second-order valence-electron chi connectivity index (χ2n) is 7.30. The quantitative estimate of drug-likeness (QED) is 0.840. The largest absolute Gasteiger partial charge is 0.486 e. The number of fused-ring (bicyclic) bond motifs is 1. The van der Waals surface area contributed by atoms with Gasteiger partial charge in [0.15, 0.2) is 11.5 Å². The molecule has 1 aromatic rings. The van der Waals surface area contributed by atoms with Crippen molar-refractivity contribution in [2.75, 3.05) is 24.7 Å². The zero-order valence-electron chi connectivity index (χ0n) is 14.7. The lowest BCUT2D eigenvalue weighted by atomic mass is 10.1. The third kappa shape index (κ3) is 3.05. The van der Waals surface area contributed by atoms with Crippen molar-refractivity contribution in [2.24, 2.45) is 5.92 Å². The van der Waals surface area contributed by atoms with Gasteiger partial charge in [-0.2, -0.15) is 0 Å². The Bertz CT molecular complexity index is 697. The van der Waals surface area contributed by atoms with Crippen molar-refractivity contribution >= 4 is 17.5 Å². The summed E-state index contributed by atoms with van der Waals surface area (Å²) in [6, 6.07) is 6.07. The molecule has 6 heteroatoms. The molecule has 2 heterocycles. The predicted molar refractivity (Wildman–Crippen MR) is 92.9 cm³/mol. The highest BCUT2D eigenvalue weighted by atomic mass is 16.6. The highest BCUT2D eigenvalue weighted by Crippen LogP contribution is 2.37. The number of amides is 2. The van der Waals surface area contributed by atoms with E-state index in [1.807, 2.05) is 36.9 Å². The Kier molecular flexibility index (Phi) is 4.06. The van der Waals surface area contributed by atoms with E-state index in [0.29, 0.717) is 37.3 Å². The van der Waals surface area contributed by atoms with E-state index >= 15 is 0 Å². The summed E-state index contributed by atoms with van der Waals surface area (Å²) in [7, 11) is 0. The minimum absolute atomic E-state index is 0.00506. The highest BCUT2D eigenvalue weighted by Gasteiger charge is 2.42. The molecule has 2 fully saturated rings. The molecule has 2 aliphatic heterocycles. The summed E-state index contributed by atoms with van der Waals surface area (Å²) in [6.07, 6.45) is 2.44. The van der Waals surface area contributed by atoms with Crippen molar-refractivity contribution in [2.45, 2.75) is 45.2 Å². The van der Waals surface area contributed by atoms with Gasteiger partial charge in [0.05, 0.1) is 5.92 Å². The average molecular weight is 344 g/mol. The molecular weight excluding hydrogens is 320 g/mol. The zero-order valence-corrected chi connectivity index (χ0v) is 14.7. The first-order valence-electron chi connectivity index (χ1n) is 9.07. The number of carbonyl (C=O) groups is 2. The van der Waals surface area contributed by atoms with E-state index in [-0.39, 0.29) is 30.2 Å². The van der Waals surface area contributed by atoms with E-state index in [1.54, 1.807) is 4.90 Å². The normalized spacial score (nSPS) is 22.4. The molecule has 4 rings (SSSR count). The Morgan fingerprint density at radius 2 is 1.92 bits per heavy atom. The number of hydrogen-bond acceptors (Lipinski definition) is 4. The van der Waals surface area contributed by atoms with Gasteiger partial charge in [-0.25, -0.2) is 0 Å². The first kappa shape index (κ1) is 16.2. The van der Waals surface area contributed by atoms with Crippen LogP contribution >= 0.6 is 0 Å². The molecule has 3 aliphatic rings. The molecule has 1 saturated heterocycles. The summed E-state index contributed by atoms with van der Waals surface area (Å²) in [5.41, 5.74) is 0.770. The van der Waals surface area contributed by atoms with Gasteiger partial charge in [-0.3, -0.25) is 9.59 Å². The Labute approximate surface area is 147 Å². The molecule has 1 unspecified atom stereocenters. The summed E-state index contributed by atoms with van der Waals surface area (Å²) in [6.45, 7) is 5.58. The summed E-state index contributed by atoms with van der Waals surface area (Å²) < 4.78 is 11.1. The number of rotatable bonds is 4.